The highest BCUT2D eigenvalue weighted by molar-refractivity contribution is 9.10. The Morgan fingerprint density at radius 1 is 1.46 bits per heavy atom. The van der Waals surface area contributed by atoms with Gasteiger partial charge in [0.25, 0.3) is 5.92 Å². The van der Waals surface area contributed by atoms with Gasteiger partial charge in [-0.25, -0.2) is 13.6 Å². The molecular weight excluding hydrogens is 408 g/mol. The first kappa shape index (κ1) is 19.2. The maximum atomic E-state index is 13.8. The first-order valence-corrected chi connectivity index (χ1v) is 8.59. The molecule has 1 saturated heterocycles. The lowest BCUT2D eigenvalue weighted by Gasteiger charge is -2.28. The molecule has 1 aromatic rings. The van der Waals surface area contributed by atoms with Crippen LogP contribution in [0.2, 0.25) is 5.02 Å². The van der Waals surface area contributed by atoms with Crippen molar-refractivity contribution >= 4 is 33.6 Å². The zero-order chi connectivity index (χ0) is 18.1. The van der Waals surface area contributed by atoms with Crippen molar-refractivity contribution in [3.63, 3.8) is 0 Å². The van der Waals surface area contributed by atoms with Crippen molar-refractivity contribution in [1.82, 2.24) is 4.90 Å². The van der Waals surface area contributed by atoms with E-state index in [4.69, 9.17) is 21.1 Å². The van der Waals surface area contributed by atoms with Gasteiger partial charge in [0.1, 0.15) is 18.0 Å². The van der Waals surface area contributed by atoms with Crippen LogP contribution in [0.15, 0.2) is 22.7 Å². The van der Waals surface area contributed by atoms with E-state index in [1.165, 1.54) is 0 Å². The highest BCUT2D eigenvalue weighted by atomic mass is 79.9. The Kier molecular flexibility index (Phi) is 5.64. The predicted molar refractivity (Wildman–Crippen MR) is 90.9 cm³/mol. The minimum absolute atomic E-state index is 0.0605. The van der Waals surface area contributed by atoms with Gasteiger partial charge in [-0.15, -0.1) is 0 Å². The molecule has 24 heavy (non-hydrogen) atoms. The smallest absolute Gasteiger partial charge is 0.410 e. The average molecular weight is 427 g/mol. The number of likely N-dealkylation sites (tertiary alicyclic amines) is 1. The third-order valence-electron chi connectivity index (χ3n) is 3.33. The van der Waals surface area contributed by atoms with E-state index in [-0.39, 0.29) is 6.61 Å². The molecule has 1 heterocycles. The molecule has 1 unspecified atom stereocenters. The van der Waals surface area contributed by atoms with Crippen LogP contribution in [0, 0.1) is 0 Å². The molecule has 134 valence electrons. The Bertz CT molecular complexity index is 622. The molecule has 2 rings (SSSR count). The fourth-order valence-electron chi connectivity index (χ4n) is 2.36. The molecule has 0 spiro atoms. The fourth-order valence-corrected chi connectivity index (χ4v) is 3.16. The largest absolute Gasteiger partial charge is 0.490 e. The van der Waals surface area contributed by atoms with E-state index < -0.39 is 36.6 Å². The number of hydrogen-bond acceptors (Lipinski definition) is 3. The number of rotatable bonds is 3. The number of nitrogens with zero attached hydrogens (tertiary/aromatic N) is 1. The molecular formula is C16H19BrClF2NO3. The van der Waals surface area contributed by atoms with Gasteiger partial charge in [0.05, 0.1) is 17.1 Å². The van der Waals surface area contributed by atoms with Gasteiger partial charge < -0.3 is 9.47 Å². The summed E-state index contributed by atoms with van der Waals surface area (Å²) in [5.74, 6) is -2.49. The summed E-state index contributed by atoms with van der Waals surface area (Å²) in [6.07, 6.45) is -1.22. The Hall–Kier alpha value is -1.08. The standard InChI is InChI=1S/C16H19BrClF2NO3/c1-15(2,3)24-14(22)21-9-16(19,20)7-11(21)8-23-13-5-4-10(18)6-12(13)17/h4-6,11H,7-9H2,1-3H3. The second-order valence-electron chi connectivity index (χ2n) is 6.71. The monoisotopic (exact) mass is 425 g/mol. The van der Waals surface area contributed by atoms with Gasteiger partial charge >= 0.3 is 6.09 Å². The predicted octanol–water partition coefficient (Wildman–Crippen LogP) is 5.13. The molecule has 0 aromatic heterocycles. The van der Waals surface area contributed by atoms with Crippen molar-refractivity contribution in [3.8, 4) is 5.75 Å². The van der Waals surface area contributed by atoms with Crippen molar-refractivity contribution in [2.75, 3.05) is 13.2 Å². The minimum atomic E-state index is -2.96. The summed E-state index contributed by atoms with van der Waals surface area (Å²) in [5, 5.41) is 0.525. The Balaban J connectivity index is 2.07. The molecule has 1 aliphatic rings. The van der Waals surface area contributed by atoms with Gasteiger partial charge in [-0.3, -0.25) is 4.90 Å². The van der Waals surface area contributed by atoms with Crippen molar-refractivity contribution in [2.24, 2.45) is 0 Å². The van der Waals surface area contributed by atoms with E-state index in [1.54, 1.807) is 39.0 Å². The van der Waals surface area contributed by atoms with Crippen LogP contribution in [-0.2, 0) is 4.74 Å². The topological polar surface area (TPSA) is 38.8 Å². The molecule has 0 aliphatic carbocycles. The molecule has 1 aromatic carbocycles. The number of hydrogen-bond donors (Lipinski definition) is 0. The molecule has 0 radical (unpaired) electrons. The third kappa shape index (κ3) is 5.21. The molecule has 0 saturated carbocycles. The summed E-state index contributed by atoms with van der Waals surface area (Å²) in [6, 6.07) is 4.15. The van der Waals surface area contributed by atoms with E-state index >= 15 is 0 Å². The number of halogens is 4. The Morgan fingerprint density at radius 3 is 2.71 bits per heavy atom. The van der Waals surface area contributed by atoms with Crippen LogP contribution in [0.4, 0.5) is 13.6 Å². The van der Waals surface area contributed by atoms with Crippen LogP contribution in [0.3, 0.4) is 0 Å². The highest BCUT2D eigenvalue weighted by Gasteiger charge is 2.48. The second kappa shape index (κ2) is 7.04. The molecule has 8 heteroatoms. The van der Waals surface area contributed by atoms with Gasteiger partial charge in [-0.05, 0) is 54.9 Å². The number of amides is 1. The molecule has 1 atom stereocenters. The maximum absolute atomic E-state index is 13.8. The highest BCUT2D eigenvalue weighted by Crippen LogP contribution is 2.34. The summed E-state index contributed by atoms with van der Waals surface area (Å²) in [7, 11) is 0. The number of benzene rings is 1. The number of carbonyl (C=O) groups is 1. The van der Waals surface area contributed by atoms with Crippen LogP contribution in [0.5, 0.6) is 5.75 Å². The lowest BCUT2D eigenvalue weighted by Crippen LogP contribution is -2.42. The molecule has 1 fully saturated rings. The minimum Gasteiger partial charge on any atom is -0.490 e. The van der Waals surface area contributed by atoms with Gasteiger partial charge in [0.15, 0.2) is 0 Å². The average Bonchev–Trinajstić information content (AvgIpc) is 2.71. The zero-order valence-corrected chi connectivity index (χ0v) is 16.0. The summed E-state index contributed by atoms with van der Waals surface area (Å²) < 4.78 is 38.9. The normalized spacial score (nSPS) is 20.1. The van der Waals surface area contributed by atoms with Gasteiger partial charge in [-0.2, -0.15) is 0 Å². The van der Waals surface area contributed by atoms with Crippen molar-refractivity contribution in [2.45, 2.75) is 44.8 Å². The number of carbonyl (C=O) groups excluding carboxylic acids is 1. The lowest BCUT2D eigenvalue weighted by atomic mass is 10.2. The van der Waals surface area contributed by atoms with E-state index in [0.717, 1.165) is 4.90 Å². The maximum Gasteiger partial charge on any atom is 0.410 e. The summed E-state index contributed by atoms with van der Waals surface area (Å²) in [6.45, 7) is 4.34. The Labute approximate surface area is 153 Å². The van der Waals surface area contributed by atoms with Crippen LogP contribution in [-0.4, -0.2) is 41.7 Å². The van der Waals surface area contributed by atoms with Gasteiger partial charge in [0.2, 0.25) is 0 Å². The first-order valence-electron chi connectivity index (χ1n) is 7.42. The van der Waals surface area contributed by atoms with Crippen LogP contribution < -0.4 is 4.74 Å². The van der Waals surface area contributed by atoms with E-state index in [2.05, 4.69) is 15.9 Å². The molecule has 1 aliphatic heterocycles. The van der Waals surface area contributed by atoms with Crippen LogP contribution in [0.25, 0.3) is 0 Å². The second-order valence-corrected chi connectivity index (χ2v) is 8.00. The van der Waals surface area contributed by atoms with Crippen molar-refractivity contribution in [1.29, 1.82) is 0 Å². The quantitative estimate of drug-likeness (QED) is 0.673. The van der Waals surface area contributed by atoms with E-state index in [1.807, 2.05) is 0 Å². The number of ether oxygens (including phenoxy) is 2. The molecule has 1 amide bonds. The summed E-state index contributed by atoms with van der Waals surface area (Å²) >= 11 is 9.15. The molecule has 4 nitrogen and oxygen atoms in total. The Morgan fingerprint density at radius 2 is 2.12 bits per heavy atom. The number of alkyl halides is 2. The van der Waals surface area contributed by atoms with E-state index in [0.29, 0.717) is 15.2 Å². The summed E-state index contributed by atoms with van der Waals surface area (Å²) in [5.41, 5.74) is -0.750. The van der Waals surface area contributed by atoms with Gasteiger partial charge in [0, 0.05) is 11.4 Å². The van der Waals surface area contributed by atoms with Crippen LogP contribution >= 0.6 is 27.5 Å². The fraction of sp³-hybridized carbons (Fsp3) is 0.562. The van der Waals surface area contributed by atoms with E-state index in [9.17, 15) is 13.6 Å². The van der Waals surface area contributed by atoms with Crippen LogP contribution in [0.1, 0.15) is 27.2 Å². The first-order chi connectivity index (χ1) is 11.0. The lowest BCUT2D eigenvalue weighted by molar-refractivity contribution is -0.00274. The van der Waals surface area contributed by atoms with Crippen molar-refractivity contribution in [3.05, 3.63) is 27.7 Å². The summed E-state index contributed by atoms with van der Waals surface area (Å²) in [4.78, 5) is 13.2. The van der Waals surface area contributed by atoms with Gasteiger partial charge in [-0.1, -0.05) is 11.6 Å². The molecule has 0 N–H and O–H groups in total. The van der Waals surface area contributed by atoms with Crippen molar-refractivity contribution < 1.29 is 23.0 Å². The molecule has 0 bridgehead atoms. The third-order valence-corrected chi connectivity index (χ3v) is 4.18. The SMILES string of the molecule is CC(C)(C)OC(=O)N1CC(F)(F)CC1COc1ccc(Cl)cc1Br. The zero-order valence-electron chi connectivity index (χ0n) is 13.6.